The van der Waals surface area contributed by atoms with Crippen LogP contribution in [-0.4, -0.2) is 5.91 Å². The molecule has 0 unspecified atom stereocenters. The van der Waals surface area contributed by atoms with Crippen molar-refractivity contribution in [3.63, 3.8) is 0 Å². The van der Waals surface area contributed by atoms with Crippen molar-refractivity contribution >= 4 is 16.9 Å². The molecule has 0 fully saturated rings. The van der Waals surface area contributed by atoms with E-state index in [9.17, 15) is 13.6 Å². The molecule has 2 aromatic rings. The van der Waals surface area contributed by atoms with Gasteiger partial charge in [0.25, 0.3) is 0 Å². The third-order valence-electron chi connectivity index (χ3n) is 2.07. The van der Waals surface area contributed by atoms with Gasteiger partial charge in [-0.3, -0.25) is 4.79 Å². The average molecular weight is 211 g/mol. The van der Waals surface area contributed by atoms with Gasteiger partial charge in [0.05, 0.1) is 18.1 Å². The van der Waals surface area contributed by atoms with Crippen LogP contribution >= 0.6 is 0 Å². The first-order valence-electron chi connectivity index (χ1n) is 4.22. The molecule has 0 aliphatic carbocycles. The standard InChI is InChI=1S/C10H7F2NO2/c11-7-3-5(4-8(13)14)10-6(9(7)12)1-2-15-10/h1-3H,4H2,(H2,13,14). The summed E-state index contributed by atoms with van der Waals surface area (Å²) in [5, 5.41) is 0.0197. The fraction of sp³-hybridized carbons (Fsp3) is 0.100. The number of hydrogen-bond acceptors (Lipinski definition) is 2. The third kappa shape index (κ3) is 1.56. The maximum atomic E-state index is 13.2. The van der Waals surface area contributed by atoms with Crippen LogP contribution in [0.2, 0.25) is 0 Å². The van der Waals surface area contributed by atoms with Crippen molar-refractivity contribution in [1.29, 1.82) is 0 Å². The summed E-state index contributed by atoms with van der Waals surface area (Å²) in [5.41, 5.74) is 5.39. The number of benzene rings is 1. The first kappa shape index (κ1) is 9.64. The lowest BCUT2D eigenvalue weighted by Gasteiger charge is -2.01. The van der Waals surface area contributed by atoms with Crippen molar-refractivity contribution in [2.45, 2.75) is 6.42 Å². The molecule has 0 saturated heterocycles. The molecule has 0 spiro atoms. The molecule has 1 aromatic carbocycles. The summed E-state index contributed by atoms with van der Waals surface area (Å²) in [5.74, 6) is -2.62. The molecule has 1 heterocycles. The second kappa shape index (κ2) is 3.34. The summed E-state index contributed by atoms with van der Waals surface area (Å²) in [6.07, 6.45) is 1.05. The Bertz CT molecular complexity index is 533. The van der Waals surface area contributed by atoms with Crippen molar-refractivity contribution in [1.82, 2.24) is 0 Å². The van der Waals surface area contributed by atoms with Gasteiger partial charge in [0.1, 0.15) is 5.58 Å². The number of halogens is 2. The van der Waals surface area contributed by atoms with E-state index in [1.807, 2.05) is 0 Å². The molecule has 0 aliphatic heterocycles. The monoisotopic (exact) mass is 211 g/mol. The topological polar surface area (TPSA) is 56.2 Å². The molecule has 0 bridgehead atoms. The van der Waals surface area contributed by atoms with Gasteiger partial charge in [0.2, 0.25) is 5.91 Å². The van der Waals surface area contributed by atoms with Crippen molar-refractivity contribution < 1.29 is 18.0 Å². The van der Waals surface area contributed by atoms with Crippen LogP contribution in [0.5, 0.6) is 0 Å². The summed E-state index contributed by atoms with van der Waals surface area (Å²) in [6.45, 7) is 0. The molecule has 1 aromatic heterocycles. The SMILES string of the molecule is NC(=O)Cc1cc(F)c(F)c2ccoc12. The summed E-state index contributed by atoms with van der Waals surface area (Å²) < 4.78 is 31.2. The van der Waals surface area contributed by atoms with E-state index >= 15 is 0 Å². The highest BCUT2D eigenvalue weighted by atomic mass is 19.2. The molecule has 2 N–H and O–H groups in total. The van der Waals surface area contributed by atoms with Gasteiger partial charge < -0.3 is 10.2 Å². The molecule has 0 atom stereocenters. The predicted octanol–water partition coefficient (Wildman–Crippen LogP) is 1.74. The van der Waals surface area contributed by atoms with Gasteiger partial charge >= 0.3 is 0 Å². The number of nitrogens with two attached hydrogens (primary N) is 1. The van der Waals surface area contributed by atoms with E-state index in [0.717, 1.165) is 6.07 Å². The van der Waals surface area contributed by atoms with Crippen LogP contribution in [-0.2, 0) is 11.2 Å². The van der Waals surface area contributed by atoms with E-state index in [1.54, 1.807) is 0 Å². The van der Waals surface area contributed by atoms with Crippen molar-refractivity contribution in [2.24, 2.45) is 5.73 Å². The molecule has 0 aliphatic rings. The second-order valence-corrected chi connectivity index (χ2v) is 3.14. The maximum Gasteiger partial charge on any atom is 0.221 e. The minimum Gasteiger partial charge on any atom is -0.464 e. The zero-order chi connectivity index (χ0) is 11.0. The molecule has 2 rings (SSSR count). The van der Waals surface area contributed by atoms with Crippen LogP contribution in [0, 0.1) is 11.6 Å². The number of fused-ring (bicyclic) bond motifs is 1. The van der Waals surface area contributed by atoms with E-state index in [4.69, 9.17) is 10.2 Å². The van der Waals surface area contributed by atoms with E-state index < -0.39 is 17.5 Å². The normalized spacial score (nSPS) is 10.8. The van der Waals surface area contributed by atoms with Crippen LogP contribution in [0.3, 0.4) is 0 Å². The molecule has 5 heteroatoms. The van der Waals surface area contributed by atoms with Gasteiger partial charge in [-0.1, -0.05) is 0 Å². The number of hydrogen-bond donors (Lipinski definition) is 1. The number of primary amides is 1. The van der Waals surface area contributed by atoms with Crippen LogP contribution in [0.4, 0.5) is 8.78 Å². The van der Waals surface area contributed by atoms with Crippen LogP contribution in [0.1, 0.15) is 5.56 Å². The lowest BCUT2D eigenvalue weighted by atomic mass is 10.1. The molecule has 78 valence electrons. The fourth-order valence-corrected chi connectivity index (χ4v) is 1.46. The number of carbonyl (C=O) groups is 1. The predicted molar refractivity (Wildman–Crippen MR) is 49.0 cm³/mol. The van der Waals surface area contributed by atoms with E-state index in [-0.39, 0.29) is 23.0 Å². The van der Waals surface area contributed by atoms with Gasteiger partial charge in [0, 0.05) is 5.56 Å². The molecular weight excluding hydrogens is 204 g/mol. The summed E-state index contributed by atoms with van der Waals surface area (Å²) >= 11 is 0. The highest BCUT2D eigenvalue weighted by molar-refractivity contribution is 5.86. The Labute approximate surface area is 83.5 Å². The van der Waals surface area contributed by atoms with Gasteiger partial charge in [0.15, 0.2) is 11.6 Å². The van der Waals surface area contributed by atoms with E-state index in [0.29, 0.717) is 0 Å². The van der Waals surface area contributed by atoms with Crippen molar-refractivity contribution in [3.05, 3.63) is 35.6 Å². The summed E-state index contributed by atoms with van der Waals surface area (Å²) in [7, 11) is 0. The van der Waals surface area contributed by atoms with E-state index in [2.05, 4.69) is 0 Å². The van der Waals surface area contributed by atoms with Gasteiger partial charge in [-0.25, -0.2) is 8.78 Å². The number of furan rings is 1. The number of rotatable bonds is 2. The van der Waals surface area contributed by atoms with Crippen molar-refractivity contribution in [3.8, 4) is 0 Å². The largest absolute Gasteiger partial charge is 0.464 e. The van der Waals surface area contributed by atoms with Gasteiger partial charge in [-0.15, -0.1) is 0 Å². The lowest BCUT2D eigenvalue weighted by molar-refractivity contribution is -0.117. The van der Waals surface area contributed by atoms with Gasteiger partial charge in [-0.2, -0.15) is 0 Å². The number of carbonyl (C=O) groups excluding carboxylic acids is 1. The van der Waals surface area contributed by atoms with Crippen LogP contribution in [0.25, 0.3) is 11.0 Å². The zero-order valence-electron chi connectivity index (χ0n) is 7.59. The molecule has 1 amide bonds. The first-order valence-corrected chi connectivity index (χ1v) is 4.22. The average Bonchev–Trinajstić information content (AvgIpc) is 2.61. The molecule has 15 heavy (non-hydrogen) atoms. The van der Waals surface area contributed by atoms with Gasteiger partial charge in [-0.05, 0) is 12.1 Å². The molecule has 0 radical (unpaired) electrons. The molecular formula is C10H7F2NO2. The summed E-state index contributed by atoms with van der Waals surface area (Å²) in [4.78, 5) is 10.7. The Morgan fingerprint density at radius 3 is 2.87 bits per heavy atom. The first-order chi connectivity index (χ1) is 7.09. The Balaban J connectivity index is 2.68. The molecule has 3 nitrogen and oxygen atoms in total. The third-order valence-corrected chi connectivity index (χ3v) is 2.07. The molecule has 0 saturated carbocycles. The van der Waals surface area contributed by atoms with E-state index in [1.165, 1.54) is 12.3 Å². The summed E-state index contributed by atoms with van der Waals surface area (Å²) in [6, 6.07) is 2.23. The Hall–Kier alpha value is -1.91. The fourth-order valence-electron chi connectivity index (χ4n) is 1.46. The zero-order valence-corrected chi connectivity index (χ0v) is 7.59. The lowest BCUT2D eigenvalue weighted by Crippen LogP contribution is -2.14. The second-order valence-electron chi connectivity index (χ2n) is 3.14. The maximum absolute atomic E-state index is 13.2. The minimum absolute atomic E-state index is 0.0197. The van der Waals surface area contributed by atoms with Crippen LogP contribution < -0.4 is 5.73 Å². The Morgan fingerprint density at radius 1 is 1.47 bits per heavy atom. The van der Waals surface area contributed by atoms with Crippen LogP contribution in [0.15, 0.2) is 22.8 Å². The Kier molecular flexibility index (Phi) is 2.15. The highest BCUT2D eigenvalue weighted by Gasteiger charge is 2.15. The highest BCUT2D eigenvalue weighted by Crippen LogP contribution is 2.25. The number of amides is 1. The van der Waals surface area contributed by atoms with Crippen molar-refractivity contribution in [2.75, 3.05) is 0 Å². The quantitative estimate of drug-likeness (QED) is 0.822. The smallest absolute Gasteiger partial charge is 0.221 e. The minimum atomic E-state index is -1.01. The Morgan fingerprint density at radius 2 is 2.20 bits per heavy atom.